The van der Waals surface area contributed by atoms with Gasteiger partial charge in [-0.25, -0.2) is 23.2 Å². The van der Waals surface area contributed by atoms with E-state index < -0.39 is 29.2 Å². The van der Waals surface area contributed by atoms with Gasteiger partial charge >= 0.3 is 17.9 Å². The Labute approximate surface area is 431 Å². The molecule has 17 heteroatoms. The zero-order chi connectivity index (χ0) is 54.4. The molecule has 0 atom stereocenters. The van der Waals surface area contributed by atoms with E-state index in [1.807, 2.05) is 0 Å². The van der Waals surface area contributed by atoms with Crippen molar-refractivity contribution in [2.75, 3.05) is 52.1 Å². The number of unbranched alkanes of at least 4 members (excludes halogenated alkanes) is 1. The van der Waals surface area contributed by atoms with Crippen LogP contribution in [0.15, 0.2) is 121 Å². The number of methoxy groups -OCH3 is 1. The van der Waals surface area contributed by atoms with E-state index in [1.54, 1.807) is 144 Å². The summed E-state index contributed by atoms with van der Waals surface area (Å²) in [5, 5.41) is 0. The van der Waals surface area contributed by atoms with Crippen LogP contribution >= 0.6 is 0 Å². The van der Waals surface area contributed by atoms with Crippen molar-refractivity contribution in [3.8, 4) is 28.7 Å². The summed E-state index contributed by atoms with van der Waals surface area (Å²) in [6, 6.07) is 29.7. The largest absolute Gasteiger partial charge is 0.494 e. The summed E-state index contributed by atoms with van der Waals surface area (Å²) >= 11 is 0. The number of alkyl halides is 2. The summed E-state index contributed by atoms with van der Waals surface area (Å²) in [6.45, 7) is 8.16. The first-order chi connectivity index (χ1) is 35.3. The Morgan fingerprint density at radius 1 is 0.500 bits per heavy atom. The van der Waals surface area contributed by atoms with Crippen LogP contribution < -0.4 is 35.2 Å². The van der Waals surface area contributed by atoms with Crippen LogP contribution in [0.5, 0.6) is 28.7 Å². The lowest BCUT2D eigenvalue weighted by Gasteiger charge is -2.13. The maximum absolute atomic E-state index is 13.4. The summed E-state index contributed by atoms with van der Waals surface area (Å²) in [7, 11) is 2.89. The molecule has 0 saturated carbocycles. The Bertz CT molecular complexity index is 2390. The topological polar surface area (TPSA) is 211 Å². The van der Waals surface area contributed by atoms with Gasteiger partial charge in [-0.15, -0.1) is 0 Å². The van der Waals surface area contributed by atoms with E-state index in [4.69, 9.17) is 39.9 Å². The van der Waals surface area contributed by atoms with Gasteiger partial charge in [0.1, 0.15) is 46.9 Å². The van der Waals surface area contributed by atoms with Crippen LogP contribution in [0.4, 0.5) is 20.2 Å². The SMILES string of the molecule is CC(C)(F)CCCOc1ccc(C(=O)Oc2ccc(/C=C/C=O)cc2)cc1.CC(C)(F)CCCOc1ccc(C(=O)Oc2ccc(/C=C/C=O)cc2)cc1.COCCCCOc1c(N)cc(C(=O)OOC)cc1N. The van der Waals surface area contributed by atoms with Crippen LogP contribution in [-0.2, 0) is 24.1 Å². The predicted octanol–water partition coefficient (Wildman–Crippen LogP) is 11.4. The molecule has 0 bridgehead atoms. The summed E-state index contributed by atoms with van der Waals surface area (Å²) in [4.78, 5) is 65.2. The highest BCUT2D eigenvalue weighted by Crippen LogP contribution is 2.31. The van der Waals surface area contributed by atoms with Gasteiger partial charge in [-0.2, -0.15) is 4.89 Å². The van der Waals surface area contributed by atoms with Gasteiger partial charge in [-0.1, -0.05) is 36.4 Å². The smallest absolute Gasteiger partial charge is 0.373 e. The van der Waals surface area contributed by atoms with Crippen molar-refractivity contribution in [3.05, 3.63) is 149 Å². The number of carbonyl (C=O) groups is 5. The van der Waals surface area contributed by atoms with Crippen LogP contribution in [0.3, 0.4) is 0 Å². The Morgan fingerprint density at radius 2 is 0.878 bits per heavy atom. The molecule has 5 aromatic carbocycles. The van der Waals surface area contributed by atoms with Crippen molar-refractivity contribution in [2.24, 2.45) is 0 Å². The van der Waals surface area contributed by atoms with Gasteiger partial charge in [-0.3, -0.25) is 14.5 Å². The van der Waals surface area contributed by atoms with E-state index >= 15 is 0 Å². The maximum Gasteiger partial charge on any atom is 0.373 e. The molecule has 0 aliphatic carbocycles. The number of anilines is 2. The number of ether oxygens (including phenoxy) is 6. The molecule has 0 heterocycles. The monoisotopic (exact) mass is 1020 g/mol. The minimum atomic E-state index is -1.19. The molecule has 0 fully saturated rings. The predicted molar refractivity (Wildman–Crippen MR) is 280 cm³/mol. The van der Waals surface area contributed by atoms with Crippen LogP contribution in [0.1, 0.15) is 108 Å². The van der Waals surface area contributed by atoms with Crippen LogP contribution in [0.25, 0.3) is 12.2 Å². The van der Waals surface area contributed by atoms with Crippen LogP contribution in [0.2, 0.25) is 0 Å². The minimum Gasteiger partial charge on any atom is -0.494 e. The third-order valence-electron chi connectivity index (χ3n) is 9.99. The average Bonchev–Trinajstić information content (AvgIpc) is 3.37. The molecule has 0 aromatic heterocycles. The molecule has 5 rings (SSSR count). The number of benzene rings is 5. The lowest BCUT2D eigenvalue weighted by molar-refractivity contribution is -0.216. The molecule has 4 N–H and O–H groups in total. The second kappa shape index (κ2) is 32.2. The van der Waals surface area contributed by atoms with Crippen molar-refractivity contribution < 1.29 is 70.9 Å². The van der Waals surface area contributed by atoms with Gasteiger partial charge < -0.3 is 39.9 Å². The highest BCUT2D eigenvalue weighted by Gasteiger charge is 2.17. The number of rotatable bonds is 26. The third kappa shape index (κ3) is 24.5. The zero-order valence-corrected chi connectivity index (χ0v) is 42.6. The highest BCUT2D eigenvalue weighted by atomic mass is 19.1. The number of aldehydes is 2. The number of hydrogen-bond acceptors (Lipinski definition) is 15. The van der Waals surface area contributed by atoms with Crippen molar-refractivity contribution in [1.82, 2.24) is 0 Å². The van der Waals surface area contributed by atoms with Gasteiger partial charge in [0, 0.05) is 13.7 Å². The zero-order valence-electron chi connectivity index (χ0n) is 42.6. The second-order valence-corrected chi connectivity index (χ2v) is 17.4. The van der Waals surface area contributed by atoms with Crippen molar-refractivity contribution in [2.45, 2.75) is 77.6 Å². The van der Waals surface area contributed by atoms with E-state index in [0.29, 0.717) is 105 Å². The van der Waals surface area contributed by atoms with E-state index in [9.17, 15) is 32.8 Å². The average molecular weight is 1030 g/mol. The highest BCUT2D eigenvalue weighted by molar-refractivity contribution is 5.93. The van der Waals surface area contributed by atoms with E-state index in [-0.39, 0.29) is 16.9 Å². The van der Waals surface area contributed by atoms with Crippen molar-refractivity contribution in [1.29, 1.82) is 0 Å². The standard InChI is InChI=1S/2C22H23FO4.C13H20N2O5/c2*1-22(2,23)14-4-16-26-19-12-8-18(9-13-19)21(25)27-20-10-6-17(7-11-20)5-3-15-24;1-17-5-3-4-6-19-12-10(14)7-9(8-11(12)15)13(16)20-18-2/h2*3,5-13,15H,4,14,16H2,1-2H3;7-8H,3-6,14-15H2,1-2H3/b2*5-3+;. The summed E-state index contributed by atoms with van der Waals surface area (Å²) in [5.41, 5.74) is 12.5. The molecule has 5 aromatic rings. The summed E-state index contributed by atoms with van der Waals surface area (Å²) < 4.78 is 59.0. The summed E-state index contributed by atoms with van der Waals surface area (Å²) in [5.74, 6) is 0.821. The van der Waals surface area contributed by atoms with Gasteiger partial charge in [0.25, 0.3) is 0 Å². The molecule has 0 unspecified atom stereocenters. The number of hydrogen-bond donors (Lipinski definition) is 2. The van der Waals surface area contributed by atoms with Gasteiger partial charge in [0.05, 0.1) is 55.0 Å². The molecule has 15 nitrogen and oxygen atoms in total. The Balaban J connectivity index is 0.000000297. The fourth-order valence-electron chi connectivity index (χ4n) is 6.27. The quantitative estimate of drug-likeness (QED) is 0.00771. The Kier molecular flexibility index (Phi) is 26.3. The molecular weight excluding hydrogens is 959 g/mol. The molecule has 0 radical (unpaired) electrons. The molecule has 396 valence electrons. The molecule has 0 saturated heterocycles. The van der Waals surface area contributed by atoms with Crippen molar-refractivity contribution >= 4 is 54.0 Å². The number of esters is 2. The molecule has 0 aliphatic heterocycles. The van der Waals surface area contributed by atoms with Gasteiger partial charge in [0.15, 0.2) is 5.75 Å². The number of nitrogens with two attached hydrogens (primary N) is 2. The molecule has 0 spiro atoms. The fraction of sp³-hybridized carbons (Fsp3) is 0.316. The van der Waals surface area contributed by atoms with Gasteiger partial charge in [-0.05, 0) is 174 Å². The fourth-order valence-corrected chi connectivity index (χ4v) is 6.27. The lowest BCUT2D eigenvalue weighted by atomic mass is 10.1. The number of allylic oxidation sites excluding steroid dienone is 2. The number of nitrogen functional groups attached to an aromatic ring is 2. The number of halogens is 2. The maximum atomic E-state index is 13.4. The van der Waals surface area contributed by atoms with Gasteiger partial charge in [0.2, 0.25) is 0 Å². The molecule has 0 aliphatic rings. The Morgan fingerprint density at radius 3 is 1.24 bits per heavy atom. The van der Waals surface area contributed by atoms with E-state index in [2.05, 4.69) is 9.78 Å². The number of carbonyl (C=O) groups excluding carboxylic acids is 5. The van der Waals surface area contributed by atoms with Crippen molar-refractivity contribution in [3.63, 3.8) is 0 Å². The minimum absolute atomic E-state index is 0.202. The summed E-state index contributed by atoms with van der Waals surface area (Å²) in [6.07, 6.45) is 11.3. The first kappa shape index (κ1) is 60.4. The van der Waals surface area contributed by atoms with Crippen LogP contribution in [-0.4, -0.2) is 82.5 Å². The second-order valence-electron chi connectivity index (χ2n) is 17.4. The normalized spacial score (nSPS) is 11.1. The first-order valence-corrected chi connectivity index (χ1v) is 23.6. The van der Waals surface area contributed by atoms with Crippen LogP contribution in [0, 0.1) is 0 Å². The first-order valence-electron chi connectivity index (χ1n) is 23.6. The van der Waals surface area contributed by atoms with E-state index in [1.165, 1.54) is 31.4 Å². The lowest BCUT2D eigenvalue weighted by Crippen LogP contribution is -2.13. The third-order valence-corrected chi connectivity index (χ3v) is 9.99. The molecule has 74 heavy (non-hydrogen) atoms. The Hall–Kier alpha value is -7.89. The molecule has 0 amide bonds. The molecular formula is C57H66F2N2O13. The van der Waals surface area contributed by atoms with E-state index in [0.717, 1.165) is 24.0 Å².